The number of ether oxygens (including phenoxy) is 4. The predicted molar refractivity (Wildman–Crippen MR) is 139 cm³/mol. The van der Waals surface area contributed by atoms with Crippen molar-refractivity contribution in [3.8, 4) is 17.2 Å². The molecule has 1 N–H and O–H groups in total. The number of benzene rings is 2. The van der Waals surface area contributed by atoms with Gasteiger partial charge in [-0.05, 0) is 51.8 Å². The lowest BCUT2D eigenvalue weighted by molar-refractivity contribution is -0.150. The second kappa shape index (κ2) is 13.0. The highest BCUT2D eigenvalue weighted by Gasteiger charge is 2.34. The third kappa shape index (κ3) is 6.95. The SMILES string of the molecule is CCOC(=O)C(C)OP(=O)(COCC(C)=CCc1c(O)c2c(c(C)c1OC)COC2=O)Oc1ccccc1. The van der Waals surface area contributed by atoms with E-state index < -0.39 is 32.0 Å². The minimum atomic E-state index is -3.91. The van der Waals surface area contributed by atoms with E-state index in [1.807, 2.05) is 6.92 Å². The van der Waals surface area contributed by atoms with Gasteiger partial charge in [-0.15, -0.1) is 0 Å². The molecule has 2 aromatic rings. The molecule has 0 aliphatic carbocycles. The maximum absolute atomic E-state index is 13.5. The van der Waals surface area contributed by atoms with Gasteiger partial charge < -0.3 is 28.6 Å². The summed E-state index contributed by atoms with van der Waals surface area (Å²) >= 11 is 0. The molecule has 0 fully saturated rings. The number of rotatable bonds is 13. The lowest BCUT2D eigenvalue weighted by Gasteiger charge is -2.22. The van der Waals surface area contributed by atoms with Gasteiger partial charge in [0.1, 0.15) is 29.4 Å². The zero-order chi connectivity index (χ0) is 27.9. The standard InChI is InChI=1S/C27H33O10P/c1-6-34-26(29)19(4)36-38(31,37-20-10-8-7-9-11-20)16-33-14-17(2)12-13-21-24(28)23-22(15-35-27(23)30)18(3)25(21)32-5/h7-12,19,28H,6,13-16H2,1-5H3. The molecular weight excluding hydrogens is 515 g/mol. The second-order valence-electron chi connectivity index (χ2n) is 8.66. The third-order valence-corrected chi connectivity index (χ3v) is 7.43. The smallest absolute Gasteiger partial charge is 0.405 e. The fourth-order valence-corrected chi connectivity index (χ4v) is 5.43. The van der Waals surface area contributed by atoms with Crippen molar-refractivity contribution in [2.45, 2.75) is 46.8 Å². The number of phenols is 1. The highest BCUT2D eigenvalue weighted by Crippen LogP contribution is 2.49. The Balaban J connectivity index is 1.71. The Morgan fingerprint density at radius 3 is 2.63 bits per heavy atom. The Morgan fingerprint density at radius 2 is 1.97 bits per heavy atom. The molecule has 1 heterocycles. The summed E-state index contributed by atoms with van der Waals surface area (Å²) in [6, 6.07) is 8.44. The minimum absolute atomic E-state index is 0.0638. The van der Waals surface area contributed by atoms with Crippen LogP contribution in [-0.2, 0) is 41.1 Å². The maximum Gasteiger partial charge on any atom is 0.405 e. The van der Waals surface area contributed by atoms with Crippen molar-refractivity contribution >= 4 is 19.5 Å². The molecule has 0 saturated heterocycles. The molecule has 0 spiro atoms. The number of cyclic esters (lactones) is 1. The normalized spacial score (nSPS) is 15.3. The Labute approximate surface area is 222 Å². The first-order chi connectivity index (χ1) is 18.1. The number of aromatic hydroxyl groups is 1. The molecule has 1 aliphatic rings. The number of fused-ring (bicyclic) bond motifs is 1. The predicted octanol–water partition coefficient (Wildman–Crippen LogP) is 5.08. The summed E-state index contributed by atoms with van der Waals surface area (Å²) in [5.74, 6) is -0.623. The summed E-state index contributed by atoms with van der Waals surface area (Å²) in [5.41, 5.74) is 2.70. The second-order valence-corrected chi connectivity index (χ2v) is 10.5. The largest absolute Gasteiger partial charge is 0.507 e. The highest BCUT2D eigenvalue weighted by atomic mass is 31.2. The number of para-hydroxylation sites is 1. The third-order valence-electron chi connectivity index (χ3n) is 5.81. The summed E-state index contributed by atoms with van der Waals surface area (Å²) in [5, 5.41) is 10.8. The number of methoxy groups -OCH3 is 1. The first-order valence-electron chi connectivity index (χ1n) is 12.1. The molecule has 0 saturated carbocycles. The molecule has 0 amide bonds. The summed E-state index contributed by atoms with van der Waals surface area (Å²) in [4.78, 5) is 24.1. The van der Waals surface area contributed by atoms with Crippen LogP contribution < -0.4 is 9.26 Å². The lowest BCUT2D eigenvalue weighted by atomic mass is 9.95. The van der Waals surface area contributed by atoms with Gasteiger partial charge in [-0.1, -0.05) is 29.8 Å². The van der Waals surface area contributed by atoms with Crippen LogP contribution in [0.3, 0.4) is 0 Å². The zero-order valence-corrected chi connectivity index (χ0v) is 23.0. The van der Waals surface area contributed by atoms with E-state index in [1.54, 1.807) is 50.3 Å². The first kappa shape index (κ1) is 29.2. The van der Waals surface area contributed by atoms with Crippen LogP contribution in [0.1, 0.15) is 47.8 Å². The number of hydrogen-bond donors (Lipinski definition) is 1. The van der Waals surface area contributed by atoms with Gasteiger partial charge in [-0.2, -0.15) is 0 Å². The number of carbonyl (C=O) groups is 2. The quantitative estimate of drug-likeness (QED) is 0.206. The van der Waals surface area contributed by atoms with E-state index in [0.29, 0.717) is 22.6 Å². The molecule has 2 unspecified atom stereocenters. The van der Waals surface area contributed by atoms with Gasteiger partial charge >= 0.3 is 19.5 Å². The average Bonchev–Trinajstić information content (AvgIpc) is 3.27. The Kier molecular flexibility index (Phi) is 9.96. The van der Waals surface area contributed by atoms with E-state index in [0.717, 1.165) is 11.1 Å². The van der Waals surface area contributed by atoms with Gasteiger partial charge in [0.05, 0.1) is 20.3 Å². The minimum Gasteiger partial charge on any atom is -0.507 e. The van der Waals surface area contributed by atoms with Crippen molar-refractivity contribution in [3.63, 3.8) is 0 Å². The van der Waals surface area contributed by atoms with E-state index >= 15 is 0 Å². The van der Waals surface area contributed by atoms with Crippen molar-refractivity contribution in [1.82, 2.24) is 0 Å². The summed E-state index contributed by atoms with van der Waals surface area (Å²) in [7, 11) is -2.42. The molecule has 1 aliphatic heterocycles. The fourth-order valence-electron chi connectivity index (χ4n) is 3.95. The van der Waals surface area contributed by atoms with Crippen molar-refractivity contribution in [2.24, 2.45) is 0 Å². The summed E-state index contributed by atoms with van der Waals surface area (Å²) in [6.07, 6.45) is 0.499. The molecule has 206 valence electrons. The molecule has 2 aromatic carbocycles. The molecule has 0 aromatic heterocycles. The van der Waals surface area contributed by atoms with Crippen LogP contribution in [0.5, 0.6) is 17.2 Å². The highest BCUT2D eigenvalue weighted by molar-refractivity contribution is 7.54. The van der Waals surface area contributed by atoms with Gasteiger partial charge in [0.25, 0.3) is 0 Å². The van der Waals surface area contributed by atoms with E-state index in [4.69, 9.17) is 28.0 Å². The van der Waals surface area contributed by atoms with Gasteiger partial charge in [0, 0.05) is 11.1 Å². The fraction of sp³-hybridized carbons (Fsp3) is 0.407. The maximum atomic E-state index is 13.5. The number of hydrogen-bond acceptors (Lipinski definition) is 10. The number of allylic oxidation sites excluding steroid dienone is 1. The Hall–Kier alpha value is -3.33. The summed E-state index contributed by atoms with van der Waals surface area (Å²) in [6.45, 7) is 7.00. The monoisotopic (exact) mass is 548 g/mol. The van der Waals surface area contributed by atoms with Crippen LogP contribution in [0.2, 0.25) is 0 Å². The molecule has 38 heavy (non-hydrogen) atoms. The van der Waals surface area contributed by atoms with Gasteiger partial charge in [-0.25, -0.2) is 14.2 Å². The van der Waals surface area contributed by atoms with Gasteiger partial charge in [-0.3, -0.25) is 4.52 Å². The molecule has 0 bridgehead atoms. The van der Waals surface area contributed by atoms with Crippen LogP contribution in [0.4, 0.5) is 0 Å². The van der Waals surface area contributed by atoms with Crippen molar-refractivity contribution in [3.05, 3.63) is 64.2 Å². The molecule has 3 rings (SSSR count). The van der Waals surface area contributed by atoms with E-state index in [2.05, 4.69) is 0 Å². The Morgan fingerprint density at radius 1 is 1.26 bits per heavy atom. The first-order valence-corrected chi connectivity index (χ1v) is 13.8. The zero-order valence-electron chi connectivity index (χ0n) is 22.1. The number of esters is 2. The molecular formula is C27H33O10P. The summed E-state index contributed by atoms with van der Waals surface area (Å²) < 4.78 is 45.8. The molecule has 0 radical (unpaired) electrons. The van der Waals surface area contributed by atoms with E-state index in [9.17, 15) is 19.3 Å². The van der Waals surface area contributed by atoms with Crippen LogP contribution in [0.25, 0.3) is 0 Å². The Bertz CT molecular complexity index is 1240. The van der Waals surface area contributed by atoms with Crippen LogP contribution in [0, 0.1) is 6.92 Å². The molecule has 10 nitrogen and oxygen atoms in total. The van der Waals surface area contributed by atoms with Crippen LogP contribution in [-0.4, -0.2) is 49.8 Å². The number of carbonyl (C=O) groups excluding carboxylic acids is 2. The van der Waals surface area contributed by atoms with Crippen LogP contribution >= 0.6 is 7.60 Å². The molecule has 2 atom stereocenters. The average molecular weight is 549 g/mol. The van der Waals surface area contributed by atoms with Gasteiger partial charge in [0.2, 0.25) is 0 Å². The van der Waals surface area contributed by atoms with Gasteiger partial charge in [0.15, 0.2) is 12.5 Å². The van der Waals surface area contributed by atoms with Crippen LogP contribution in [0.15, 0.2) is 42.0 Å². The number of phenolic OH excluding ortho intramolecular Hbond substituents is 1. The van der Waals surface area contributed by atoms with E-state index in [1.165, 1.54) is 14.0 Å². The molecule has 11 heteroatoms. The van der Waals surface area contributed by atoms with Crippen molar-refractivity contribution in [1.29, 1.82) is 0 Å². The van der Waals surface area contributed by atoms with E-state index in [-0.39, 0.29) is 37.6 Å². The topological polar surface area (TPSA) is 127 Å². The van der Waals surface area contributed by atoms with Crippen molar-refractivity contribution < 1.29 is 47.3 Å². The lowest BCUT2D eigenvalue weighted by Crippen LogP contribution is -2.24. The van der Waals surface area contributed by atoms with Crippen molar-refractivity contribution in [2.75, 3.05) is 26.7 Å².